The number of hydrogen-bond acceptors (Lipinski definition) is 2. The molecule has 1 rings (SSSR count). The van der Waals surface area contributed by atoms with Gasteiger partial charge in [-0.15, -0.1) is 0 Å². The number of carboxylic acid groups (broad SMARTS) is 1. The quantitative estimate of drug-likeness (QED) is 0.749. The van der Waals surface area contributed by atoms with Gasteiger partial charge in [0.05, 0.1) is 5.69 Å². The first-order valence-electron chi connectivity index (χ1n) is 5.21. The fraction of sp³-hybridized carbons (Fsp3) is 0.400. The largest absolute Gasteiger partial charge is 0.477 e. The SMILES string of the molecule is Cc1cc(NC(=O)C(C(F)(F)F)C(F)(F)F)c(C(=O)O)[nH]1. The normalized spacial score (nSPS) is 12.6. The number of rotatable bonds is 3. The van der Waals surface area contributed by atoms with Crippen molar-refractivity contribution in [1.29, 1.82) is 0 Å². The number of amides is 1. The van der Waals surface area contributed by atoms with E-state index in [2.05, 4.69) is 4.98 Å². The van der Waals surface area contributed by atoms with Gasteiger partial charge in [0.25, 0.3) is 0 Å². The van der Waals surface area contributed by atoms with Crippen LogP contribution in [-0.4, -0.2) is 34.3 Å². The van der Waals surface area contributed by atoms with Crippen LogP contribution in [0.5, 0.6) is 0 Å². The number of carbonyl (C=O) groups excluding carboxylic acids is 1. The molecule has 1 aromatic heterocycles. The first-order valence-corrected chi connectivity index (χ1v) is 5.21. The van der Waals surface area contributed by atoms with Crippen molar-refractivity contribution >= 4 is 17.6 Å². The molecule has 0 radical (unpaired) electrons. The summed E-state index contributed by atoms with van der Waals surface area (Å²) in [5.74, 6) is -8.30. The second kappa shape index (κ2) is 5.30. The molecule has 11 heteroatoms. The minimum atomic E-state index is -5.85. The van der Waals surface area contributed by atoms with Gasteiger partial charge in [-0.05, 0) is 13.0 Å². The Kier molecular flexibility index (Phi) is 4.25. The molecule has 0 fully saturated rings. The van der Waals surface area contributed by atoms with E-state index in [4.69, 9.17) is 5.11 Å². The predicted octanol–water partition coefficient (Wildman–Crippen LogP) is 2.70. The van der Waals surface area contributed by atoms with E-state index in [1.54, 1.807) is 0 Å². The van der Waals surface area contributed by atoms with Crippen molar-refractivity contribution < 1.29 is 41.0 Å². The fourth-order valence-electron chi connectivity index (χ4n) is 1.54. The van der Waals surface area contributed by atoms with Crippen LogP contribution >= 0.6 is 0 Å². The highest BCUT2D eigenvalue weighted by Crippen LogP contribution is 2.40. The second-order valence-corrected chi connectivity index (χ2v) is 4.05. The maximum Gasteiger partial charge on any atom is 0.409 e. The zero-order chi connectivity index (χ0) is 16.6. The van der Waals surface area contributed by atoms with E-state index in [9.17, 15) is 35.9 Å². The van der Waals surface area contributed by atoms with E-state index in [1.165, 1.54) is 12.2 Å². The fourth-order valence-corrected chi connectivity index (χ4v) is 1.54. The van der Waals surface area contributed by atoms with Crippen molar-refractivity contribution in [3.05, 3.63) is 17.5 Å². The van der Waals surface area contributed by atoms with Gasteiger partial charge in [-0.3, -0.25) is 4.79 Å². The minimum absolute atomic E-state index is 0.137. The second-order valence-electron chi connectivity index (χ2n) is 4.05. The number of H-pyrrole nitrogens is 1. The average Bonchev–Trinajstić information content (AvgIpc) is 2.54. The van der Waals surface area contributed by atoms with E-state index < -0.39 is 41.5 Å². The summed E-state index contributed by atoms with van der Waals surface area (Å²) in [6, 6.07) is 0.908. The molecular weight excluding hydrogens is 310 g/mol. The number of nitrogens with one attached hydrogen (secondary N) is 2. The molecule has 0 aromatic carbocycles. The van der Waals surface area contributed by atoms with Gasteiger partial charge in [-0.2, -0.15) is 26.3 Å². The highest BCUT2D eigenvalue weighted by molar-refractivity contribution is 6.00. The molecule has 0 aliphatic heterocycles. The summed E-state index contributed by atoms with van der Waals surface area (Å²) in [7, 11) is 0. The van der Waals surface area contributed by atoms with Crippen LogP contribution in [0.4, 0.5) is 32.0 Å². The maximum absolute atomic E-state index is 12.3. The van der Waals surface area contributed by atoms with Crippen LogP contribution in [0.1, 0.15) is 16.2 Å². The Labute approximate surface area is 112 Å². The average molecular weight is 318 g/mol. The third-order valence-electron chi connectivity index (χ3n) is 2.34. The van der Waals surface area contributed by atoms with Gasteiger partial charge < -0.3 is 15.4 Å². The molecule has 1 amide bonds. The monoisotopic (exact) mass is 318 g/mol. The van der Waals surface area contributed by atoms with Gasteiger partial charge in [-0.1, -0.05) is 0 Å². The Hall–Kier alpha value is -2.20. The molecule has 0 aliphatic carbocycles. The molecule has 0 unspecified atom stereocenters. The number of anilines is 1. The number of aromatic carboxylic acids is 1. The molecule has 0 bridgehead atoms. The van der Waals surface area contributed by atoms with Crippen LogP contribution in [0, 0.1) is 12.8 Å². The van der Waals surface area contributed by atoms with Gasteiger partial charge in [0, 0.05) is 5.69 Å². The zero-order valence-electron chi connectivity index (χ0n) is 10.2. The van der Waals surface area contributed by atoms with Gasteiger partial charge in [0.2, 0.25) is 11.8 Å². The molecule has 3 N–H and O–H groups in total. The zero-order valence-corrected chi connectivity index (χ0v) is 10.2. The summed E-state index contributed by atoms with van der Waals surface area (Å²) in [6.07, 6.45) is -11.7. The topological polar surface area (TPSA) is 82.2 Å². The van der Waals surface area contributed by atoms with Crippen molar-refractivity contribution in [2.45, 2.75) is 19.3 Å². The lowest BCUT2D eigenvalue weighted by Gasteiger charge is -2.21. The van der Waals surface area contributed by atoms with Crippen molar-refractivity contribution in [2.24, 2.45) is 5.92 Å². The Morgan fingerprint density at radius 2 is 1.67 bits per heavy atom. The van der Waals surface area contributed by atoms with Crippen LogP contribution < -0.4 is 5.32 Å². The van der Waals surface area contributed by atoms with Crippen LogP contribution in [0.3, 0.4) is 0 Å². The molecule has 1 heterocycles. The summed E-state index contributed by atoms with van der Waals surface area (Å²) in [5.41, 5.74) is -1.26. The number of aromatic nitrogens is 1. The summed E-state index contributed by atoms with van der Waals surface area (Å²) in [6.45, 7) is 1.31. The summed E-state index contributed by atoms with van der Waals surface area (Å²) < 4.78 is 74.0. The molecule has 5 nitrogen and oxygen atoms in total. The van der Waals surface area contributed by atoms with Crippen molar-refractivity contribution in [1.82, 2.24) is 4.98 Å². The van der Waals surface area contributed by atoms with Crippen molar-refractivity contribution in [3.8, 4) is 0 Å². The molecule has 21 heavy (non-hydrogen) atoms. The number of aromatic amines is 1. The molecule has 0 saturated carbocycles. The minimum Gasteiger partial charge on any atom is -0.477 e. The molecule has 0 aliphatic rings. The molecule has 0 spiro atoms. The van der Waals surface area contributed by atoms with E-state index in [-0.39, 0.29) is 5.69 Å². The smallest absolute Gasteiger partial charge is 0.409 e. The number of alkyl halides is 6. The molecule has 0 saturated heterocycles. The third kappa shape index (κ3) is 3.89. The third-order valence-corrected chi connectivity index (χ3v) is 2.34. The Morgan fingerprint density at radius 1 is 1.19 bits per heavy atom. The van der Waals surface area contributed by atoms with Gasteiger partial charge >= 0.3 is 18.3 Å². The number of carbonyl (C=O) groups is 2. The van der Waals surface area contributed by atoms with Crippen LogP contribution in [0.2, 0.25) is 0 Å². The summed E-state index contributed by atoms with van der Waals surface area (Å²) in [4.78, 5) is 24.2. The number of aryl methyl sites for hydroxylation is 1. The first-order chi connectivity index (χ1) is 9.34. The molecule has 0 atom stereocenters. The van der Waals surface area contributed by atoms with Gasteiger partial charge in [0.15, 0.2) is 0 Å². The van der Waals surface area contributed by atoms with Crippen LogP contribution in [0.15, 0.2) is 6.07 Å². The van der Waals surface area contributed by atoms with Crippen molar-refractivity contribution in [2.75, 3.05) is 5.32 Å². The summed E-state index contributed by atoms with van der Waals surface area (Å²) >= 11 is 0. The van der Waals surface area contributed by atoms with E-state index >= 15 is 0 Å². The van der Waals surface area contributed by atoms with Crippen LogP contribution in [-0.2, 0) is 4.79 Å². The Balaban J connectivity index is 3.12. The predicted molar refractivity (Wildman–Crippen MR) is 56.7 cm³/mol. The molecule has 118 valence electrons. The van der Waals surface area contributed by atoms with Gasteiger partial charge in [-0.25, -0.2) is 4.79 Å². The first kappa shape index (κ1) is 16.9. The maximum atomic E-state index is 12.3. The lowest BCUT2D eigenvalue weighted by Crippen LogP contribution is -2.45. The lowest BCUT2D eigenvalue weighted by molar-refractivity contribution is -0.272. The number of carboxylic acids is 1. The van der Waals surface area contributed by atoms with Gasteiger partial charge in [0.1, 0.15) is 5.69 Å². The number of hydrogen-bond donors (Lipinski definition) is 3. The van der Waals surface area contributed by atoms with E-state index in [0.29, 0.717) is 0 Å². The molecule has 1 aromatic rings. The summed E-state index contributed by atoms with van der Waals surface area (Å²) in [5, 5.41) is 10.1. The Bertz CT molecular complexity index is 546. The van der Waals surface area contributed by atoms with E-state index in [0.717, 1.165) is 6.07 Å². The van der Waals surface area contributed by atoms with Crippen LogP contribution in [0.25, 0.3) is 0 Å². The van der Waals surface area contributed by atoms with E-state index in [1.807, 2.05) is 0 Å². The van der Waals surface area contributed by atoms with Crippen molar-refractivity contribution in [3.63, 3.8) is 0 Å². The number of halogens is 6. The highest BCUT2D eigenvalue weighted by atomic mass is 19.4. The standard InChI is InChI=1S/C10H8F6N2O3/c1-3-2-4(5(17-3)8(20)21)18-7(19)6(9(11,12)13)10(14,15)16/h2,6,17H,1H3,(H,18,19)(H,20,21). The lowest BCUT2D eigenvalue weighted by atomic mass is 10.1. The molecular formula is C10H8F6N2O3. The Morgan fingerprint density at radius 3 is 2.05 bits per heavy atom. The highest BCUT2D eigenvalue weighted by Gasteiger charge is 2.61.